The van der Waals surface area contributed by atoms with E-state index in [9.17, 15) is 18.3 Å². The van der Waals surface area contributed by atoms with E-state index >= 15 is 0 Å². The first-order valence-corrected chi connectivity index (χ1v) is 12.8. The van der Waals surface area contributed by atoms with Crippen molar-refractivity contribution in [3.63, 3.8) is 0 Å². The second-order valence-corrected chi connectivity index (χ2v) is 10.5. The Hall–Kier alpha value is -3.77. The standard InChI is InChI=1S/C22H20N6O4S2/c29-21(30)17-14-19(27-8-10-28(11-9-27)22-23-6-2-7-24-22)25-18-5-4-15(13-16(17)18)26-34(31,32)20-3-1-12-33-20/h1-7,12-14,26H,8-11H2,(H,29,30). The fourth-order valence-electron chi connectivity index (χ4n) is 3.83. The maximum absolute atomic E-state index is 12.6. The van der Waals surface area contributed by atoms with Gasteiger partial charge in [-0.1, -0.05) is 6.07 Å². The van der Waals surface area contributed by atoms with E-state index in [1.165, 1.54) is 18.2 Å². The van der Waals surface area contributed by atoms with Crippen molar-refractivity contribution in [3.05, 3.63) is 65.8 Å². The summed E-state index contributed by atoms with van der Waals surface area (Å²) >= 11 is 1.10. The molecular weight excluding hydrogens is 476 g/mol. The molecule has 0 radical (unpaired) electrons. The number of rotatable bonds is 6. The van der Waals surface area contributed by atoms with Gasteiger partial charge in [-0.3, -0.25) is 4.72 Å². The predicted octanol–water partition coefficient (Wildman–Crippen LogP) is 2.91. The van der Waals surface area contributed by atoms with E-state index in [0.717, 1.165) is 11.3 Å². The monoisotopic (exact) mass is 496 g/mol. The summed E-state index contributed by atoms with van der Waals surface area (Å²) in [7, 11) is -3.75. The largest absolute Gasteiger partial charge is 0.478 e. The van der Waals surface area contributed by atoms with Gasteiger partial charge < -0.3 is 14.9 Å². The SMILES string of the molecule is O=C(O)c1cc(N2CCN(c3ncccn3)CC2)nc2ccc(NS(=O)(=O)c3cccs3)cc12. The van der Waals surface area contributed by atoms with Crippen molar-refractivity contribution < 1.29 is 18.3 Å². The number of benzene rings is 1. The van der Waals surface area contributed by atoms with Gasteiger partial charge in [0.25, 0.3) is 10.0 Å². The van der Waals surface area contributed by atoms with Crippen LogP contribution in [0.25, 0.3) is 10.9 Å². The van der Waals surface area contributed by atoms with Gasteiger partial charge in [-0.05, 0) is 41.8 Å². The normalized spacial score (nSPS) is 14.4. The first kappa shape index (κ1) is 22.0. The average Bonchev–Trinajstić information content (AvgIpc) is 3.40. The lowest BCUT2D eigenvalue weighted by atomic mass is 10.1. The molecule has 0 atom stereocenters. The summed E-state index contributed by atoms with van der Waals surface area (Å²) in [4.78, 5) is 29.4. The van der Waals surface area contributed by atoms with Gasteiger partial charge >= 0.3 is 5.97 Å². The number of nitrogens with zero attached hydrogens (tertiary/aromatic N) is 5. The molecule has 0 spiro atoms. The van der Waals surface area contributed by atoms with E-state index in [1.54, 1.807) is 42.0 Å². The van der Waals surface area contributed by atoms with Gasteiger partial charge in [0.15, 0.2) is 0 Å². The van der Waals surface area contributed by atoms with Crippen molar-refractivity contribution in [1.29, 1.82) is 0 Å². The van der Waals surface area contributed by atoms with E-state index < -0.39 is 16.0 Å². The average molecular weight is 497 g/mol. The molecule has 3 aromatic heterocycles. The van der Waals surface area contributed by atoms with Crippen molar-refractivity contribution in [1.82, 2.24) is 15.0 Å². The molecule has 174 valence electrons. The van der Waals surface area contributed by atoms with Crippen LogP contribution in [-0.4, -0.2) is 60.6 Å². The number of aromatic nitrogens is 3. The van der Waals surface area contributed by atoms with Crippen LogP contribution in [0.15, 0.2) is 64.4 Å². The second kappa shape index (κ2) is 8.88. The van der Waals surface area contributed by atoms with Crippen molar-refractivity contribution >= 4 is 55.7 Å². The molecule has 1 saturated heterocycles. The molecule has 1 aliphatic heterocycles. The van der Waals surface area contributed by atoms with Crippen molar-refractivity contribution in [2.45, 2.75) is 4.21 Å². The smallest absolute Gasteiger partial charge is 0.336 e. The van der Waals surface area contributed by atoms with Crippen LogP contribution in [-0.2, 0) is 10.0 Å². The summed E-state index contributed by atoms with van der Waals surface area (Å²) in [5, 5.41) is 11.9. The number of pyridine rings is 1. The zero-order chi connectivity index (χ0) is 23.7. The lowest BCUT2D eigenvalue weighted by molar-refractivity contribution is 0.0699. The molecule has 0 bridgehead atoms. The van der Waals surface area contributed by atoms with E-state index in [2.05, 4.69) is 24.6 Å². The molecule has 10 nitrogen and oxygen atoms in total. The lowest BCUT2D eigenvalue weighted by Crippen LogP contribution is -2.47. The Morgan fingerprint density at radius 1 is 1.00 bits per heavy atom. The number of aromatic carboxylic acids is 1. The number of carbonyl (C=O) groups is 1. The van der Waals surface area contributed by atoms with Gasteiger partial charge in [-0.15, -0.1) is 11.3 Å². The fourth-order valence-corrected chi connectivity index (χ4v) is 5.87. The third-order valence-corrected chi connectivity index (χ3v) is 8.26. The Bertz CT molecular complexity index is 1440. The van der Waals surface area contributed by atoms with Crippen LogP contribution in [0.5, 0.6) is 0 Å². The van der Waals surface area contributed by atoms with Crippen molar-refractivity contribution in [2.75, 3.05) is 40.7 Å². The summed E-state index contributed by atoms with van der Waals surface area (Å²) in [6.45, 7) is 2.62. The number of piperazine rings is 1. The zero-order valence-corrected chi connectivity index (χ0v) is 19.5. The molecule has 1 aromatic carbocycles. The zero-order valence-electron chi connectivity index (χ0n) is 17.8. The number of carboxylic acid groups (broad SMARTS) is 1. The molecule has 0 saturated carbocycles. The van der Waals surface area contributed by atoms with Gasteiger partial charge in [0, 0.05) is 49.6 Å². The first-order chi connectivity index (χ1) is 16.4. The summed E-state index contributed by atoms with van der Waals surface area (Å²) in [5.74, 6) is 0.117. The van der Waals surface area contributed by atoms with Crippen molar-refractivity contribution in [2.24, 2.45) is 0 Å². The van der Waals surface area contributed by atoms with Crippen LogP contribution in [0.3, 0.4) is 0 Å². The molecule has 5 rings (SSSR count). The van der Waals surface area contributed by atoms with Crippen LogP contribution < -0.4 is 14.5 Å². The Kier molecular flexibility index (Phi) is 5.75. The summed E-state index contributed by atoms with van der Waals surface area (Å²) in [5.41, 5.74) is 0.809. The lowest BCUT2D eigenvalue weighted by Gasteiger charge is -2.35. The number of anilines is 3. The van der Waals surface area contributed by atoms with Gasteiger partial charge in [-0.2, -0.15) is 0 Å². The molecule has 4 heterocycles. The van der Waals surface area contributed by atoms with Gasteiger partial charge in [-0.25, -0.2) is 28.2 Å². The van der Waals surface area contributed by atoms with Crippen LogP contribution in [0.2, 0.25) is 0 Å². The molecule has 0 amide bonds. The minimum absolute atomic E-state index is 0.0611. The molecule has 1 fully saturated rings. The second-order valence-electron chi connectivity index (χ2n) is 7.63. The molecule has 4 aromatic rings. The maximum Gasteiger partial charge on any atom is 0.336 e. The number of carboxylic acids is 1. The highest BCUT2D eigenvalue weighted by Gasteiger charge is 2.23. The summed E-state index contributed by atoms with van der Waals surface area (Å²) < 4.78 is 27.8. The number of sulfonamides is 1. The predicted molar refractivity (Wildman–Crippen MR) is 130 cm³/mol. The molecule has 12 heteroatoms. The molecule has 1 aliphatic rings. The molecule has 34 heavy (non-hydrogen) atoms. The Balaban J connectivity index is 1.42. The van der Waals surface area contributed by atoms with Crippen LogP contribution >= 0.6 is 11.3 Å². The van der Waals surface area contributed by atoms with Gasteiger partial charge in [0.2, 0.25) is 5.95 Å². The van der Waals surface area contributed by atoms with E-state index in [4.69, 9.17) is 0 Å². The van der Waals surface area contributed by atoms with Crippen molar-refractivity contribution in [3.8, 4) is 0 Å². The number of hydrogen-bond acceptors (Lipinski definition) is 9. The fraction of sp³-hybridized carbons (Fsp3) is 0.182. The third-order valence-electron chi connectivity index (χ3n) is 5.48. The highest BCUT2D eigenvalue weighted by atomic mass is 32.2. The molecule has 0 unspecified atom stereocenters. The number of nitrogens with one attached hydrogen (secondary N) is 1. The van der Waals surface area contributed by atoms with E-state index in [1.807, 2.05) is 4.90 Å². The number of thiophene rings is 1. The quantitative estimate of drug-likeness (QED) is 0.414. The molecular formula is C22H20N6O4S2. The summed E-state index contributed by atoms with van der Waals surface area (Å²) in [6.07, 6.45) is 3.40. The highest BCUT2D eigenvalue weighted by molar-refractivity contribution is 7.94. The minimum Gasteiger partial charge on any atom is -0.478 e. The minimum atomic E-state index is -3.75. The topological polar surface area (TPSA) is 129 Å². The molecule has 2 N–H and O–H groups in total. The van der Waals surface area contributed by atoms with Gasteiger partial charge in [0.05, 0.1) is 11.1 Å². The number of hydrogen-bond donors (Lipinski definition) is 2. The van der Waals surface area contributed by atoms with E-state index in [-0.39, 0.29) is 15.5 Å². The first-order valence-electron chi connectivity index (χ1n) is 10.4. The van der Waals surface area contributed by atoms with Gasteiger partial charge in [0.1, 0.15) is 10.0 Å². The Morgan fingerprint density at radius 2 is 1.74 bits per heavy atom. The Labute approximate surface area is 199 Å². The highest BCUT2D eigenvalue weighted by Crippen LogP contribution is 2.28. The third kappa shape index (κ3) is 4.37. The maximum atomic E-state index is 12.6. The Morgan fingerprint density at radius 3 is 2.41 bits per heavy atom. The van der Waals surface area contributed by atoms with Crippen LogP contribution in [0, 0.1) is 0 Å². The molecule has 0 aliphatic carbocycles. The number of fused-ring (bicyclic) bond motifs is 1. The summed E-state index contributed by atoms with van der Waals surface area (Å²) in [6, 6.07) is 11.2. The van der Waals surface area contributed by atoms with Crippen LogP contribution in [0.1, 0.15) is 10.4 Å². The van der Waals surface area contributed by atoms with Crippen LogP contribution in [0.4, 0.5) is 17.5 Å². The van der Waals surface area contributed by atoms with E-state index in [0.29, 0.717) is 48.8 Å².